The van der Waals surface area contributed by atoms with Crippen LogP contribution in [-0.2, 0) is 29.2 Å². The average molecular weight is 498 g/mol. The number of ether oxygens (including phenoxy) is 1. The Labute approximate surface area is 207 Å². The first kappa shape index (κ1) is 23.4. The molecule has 0 saturated carbocycles. The normalized spacial score (nSPS) is 18.2. The van der Waals surface area contributed by atoms with Crippen LogP contribution in [0.25, 0.3) is 0 Å². The lowest BCUT2D eigenvalue weighted by molar-refractivity contribution is -0.126. The van der Waals surface area contributed by atoms with E-state index in [0.29, 0.717) is 49.7 Å². The first-order valence-electron chi connectivity index (χ1n) is 11.6. The van der Waals surface area contributed by atoms with Crippen LogP contribution in [0.2, 0.25) is 5.02 Å². The van der Waals surface area contributed by atoms with Gasteiger partial charge >= 0.3 is 0 Å². The van der Waals surface area contributed by atoms with E-state index >= 15 is 0 Å². The van der Waals surface area contributed by atoms with Crippen LogP contribution >= 0.6 is 11.6 Å². The molecule has 0 bridgehead atoms. The predicted octanol–water partition coefficient (Wildman–Crippen LogP) is 3.51. The number of fused-ring (bicyclic) bond motifs is 1. The zero-order chi connectivity index (χ0) is 24.4. The summed E-state index contributed by atoms with van der Waals surface area (Å²) in [7, 11) is 0. The van der Waals surface area contributed by atoms with Crippen LogP contribution in [0.5, 0.6) is 0 Å². The molecule has 2 amide bonds. The van der Waals surface area contributed by atoms with E-state index in [-0.39, 0.29) is 42.0 Å². The summed E-state index contributed by atoms with van der Waals surface area (Å²) in [5.74, 6) is -0.648. The fourth-order valence-corrected chi connectivity index (χ4v) is 4.61. The SMILES string of the molecule is O=C(NCc1ccc(Cl)cc1)C1CCN(C(=O)c2nnn3c2CO[C@@H](c2ccc(F)cc2)C3)CC1. The number of rotatable bonds is 5. The first-order valence-corrected chi connectivity index (χ1v) is 12.0. The molecule has 3 aromatic rings. The van der Waals surface area contributed by atoms with Crippen LogP contribution in [0.4, 0.5) is 4.39 Å². The van der Waals surface area contributed by atoms with Crippen LogP contribution in [0, 0.1) is 11.7 Å². The largest absolute Gasteiger partial charge is 0.365 e. The second-order valence-corrected chi connectivity index (χ2v) is 9.27. The van der Waals surface area contributed by atoms with E-state index in [1.165, 1.54) is 12.1 Å². The van der Waals surface area contributed by atoms with E-state index < -0.39 is 0 Å². The molecule has 8 nitrogen and oxygen atoms in total. The molecule has 2 aliphatic rings. The molecule has 1 atom stereocenters. The molecule has 10 heteroatoms. The molecule has 35 heavy (non-hydrogen) atoms. The predicted molar refractivity (Wildman–Crippen MR) is 126 cm³/mol. The molecule has 2 aromatic carbocycles. The third-order valence-electron chi connectivity index (χ3n) is 6.57. The van der Waals surface area contributed by atoms with Gasteiger partial charge in [-0.15, -0.1) is 5.10 Å². The van der Waals surface area contributed by atoms with Crippen molar-refractivity contribution in [3.8, 4) is 0 Å². The minimum Gasteiger partial charge on any atom is -0.365 e. The summed E-state index contributed by atoms with van der Waals surface area (Å²) in [6.45, 7) is 1.99. The van der Waals surface area contributed by atoms with Crippen molar-refractivity contribution in [1.29, 1.82) is 0 Å². The van der Waals surface area contributed by atoms with E-state index in [2.05, 4.69) is 15.6 Å². The monoisotopic (exact) mass is 497 g/mol. The van der Waals surface area contributed by atoms with E-state index in [1.807, 2.05) is 12.1 Å². The van der Waals surface area contributed by atoms with Crippen LogP contribution in [-0.4, -0.2) is 44.8 Å². The maximum absolute atomic E-state index is 13.2. The summed E-state index contributed by atoms with van der Waals surface area (Å²) in [4.78, 5) is 27.5. The number of nitrogens with zero attached hydrogens (tertiary/aromatic N) is 4. The quantitative estimate of drug-likeness (QED) is 0.582. The highest BCUT2D eigenvalue weighted by molar-refractivity contribution is 6.30. The van der Waals surface area contributed by atoms with Gasteiger partial charge in [-0.05, 0) is 48.2 Å². The maximum atomic E-state index is 13.2. The number of piperidine rings is 1. The Kier molecular flexibility index (Phi) is 6.79. The Hall–Kier alpha value is -3.30. The van der Waals surface area contributed by atoms with Crippen molar-refractivity contribution in [3.05, 3.63) is 81.9 Å². The molecular weight excluding hydrogens is 473 g/mol. The summed E-state index contributed by atoms with van der Waals surface area (Å²) < 4.78 is 20.8. The van der Waals surface area contributed by atoms with Gasteiger partial charge in [0.05, 0.1) is 18.8 Å². The van der Waals surface area contributed by atoms with Gasteiger partial charge in [0.25, 0.3) is 5.91 Å². The van der Waals surface area contributed by atoms with Gasteiger partial charge < -0.3 is 15.0 Å². The number of likely N-dealkylation sites (tertiary alicyclic amines) is 1. The molecule has 182 valence electrons. The minimum absolute atomic E-state index is 0.00618. The molecular formula is C25H25ClFN5O3. The van der Waals surface area contributed by atoms with E-state index in [0.717, 1.165) is 11.1 Å². The third-order valence-corrected chi connectivity index (χ3v) is 6.83. The molecule has 1 aromatic heterocycles. The lowest BCUT2D eigenvalue weighted by Crippen LogP contribution is -2.43. The summed E-state index contributed by atoms with van der Waals surface area (Å²) in [6, 6.07) is 13.5. The van der Waals surface area contributed by atoms with Crippen molar-refractivity contribution in [2.75, 3.05) is 13.1 Å². The van der Waals surface area contributed by atoms with Gasteiger partial charge in [-0.3, -0.25) is 9.59 Å². The second kappa shape index (κ2) is 10.1. The van der Waals surface area contributed by atoms with Gasteiger partial charge in [-0.2, -0.15) is 0 Å². The fourth-order valence-electron chi connectivity index (χ4n) is 4.49. The number of nitrogens with one attached hydrogen (secondary N) is 1. The van der Waals surface area contributed by atoms with Crippen LogP contribution in [0.15, 0.2) is 48.5 Å². The van der Waals surface area contributed by atoms with Gasteiger partial charge in [0.2, 0.25) is 5.91 Å². The molecule has 0 radical (unpaired) electrons. The number of hydrogen-bond donors (Lipinski definition) is 1. The number of aromatic nitrogens is 3. The highest BCUT2D eigenvalue weighted by atomic mass is 35.5. The summed E-state index contributed by atoms with van der Waals surface area (Å²) in [6.07, 6.45) is 0.894. The number of carbonyl (C=O) groups is 2. The lowest BCUT2D eigenvalue weighted by Gasteiger charge is -2.31. The number of amides is 2. The highest BCUT2D eigenvalue weighted by Gasteiger charge is 2.33. The number of benzene rings is 2. The van der Waals surface area contributed by atoms with Gasteiger partial charge in [-0.25, -0.2) is 9.07 Å². The van der Waals surface area contributed by atoms with Gasteiger partial charge in [-0.1, -0.05) is 41.1 Å². The minimum atomic E-state index is -0.304. The Morgan fingerprint density at radius 1 is 1.09 bits per heavy atom. The number of hydrogen-bond acceptors (Lipinski definition) is 5. The van der Waals surface area contributed by atoms with Crippen LogP contribution in [0.1, 0.15) is 46.3 Å². The molecule has 2 aliphatic heterocycles. The van der Waals surface area contributed by atoms with E-state index in [4.69, 9.17) is 16.3 Å². The molecule has 1 fully saturated rings. The fraction of sp³-hybridized carbons (Fsp3) is 0.360. The second-order valence-electron chi connectivity index (χ2n) is 8.83. The van der Waals surface area contributed by atoms with Crippen molar-refractivity contribution >= 4 is 23.4 Å². The van der Waals surface area contributed by atoms with E-state index in [1.54, 1.807) is 33.8 Å². The molecule has 0 aliphatic carbocycles. The summed E-state index contributed by atoms with van der Waals surface area (Å²) in [5.41, 5.74) is 2.75. The highest BCUT2D eigenvalue weighted by Crippen LogP contribution is 2.28. The Balaban J connectivity index is 1.15. The maximum Gasteiger partial charge on any atom is 0.276 e. The van der Waals surface area contributed by atoms with Crippen molar-refractivity contribution in [2.24, 2.45) is 5.92 Å². The van der Waals surface area contributed by atoms with Gasteiger partial charge in [0, 0.05) is 30.6 Å². The van der Waals surface area contributed by atoms with E-state index in [9.17, 15) is 14.0 Å². The Morgan fingerprint density at radius 2 is 1.80 bits per heavy atom. The van der Waals surface area contributed by atoms with Crippen LogP contribution < -0.4 is 5.32 Å². The Morgan fingerprint density at radius 3 is 2.51 bits per heavy atom. The van der Waals surface area contributed by atoms with Gasteiger partial charge in [0.1, 0.15) is 11.9 Å². The molecule has 0 spiro atoms. The zero-order valence-electron chi connectivity index (χ0n) is 19.0. The van der Waals surface area contributed by atoms with Crippen molar-refractivity contribution in [2.45, 2.75) is 38.6 Å². The molecule has 1 N–H and O–H groups in total. The van der Waals surface area contributed by atoms with Crippen molar-refractivity contribution in [1.82, 2.24) is 25.2 Å². The number of halogens is 2. The van der Waals surface area contributed by atoms with Gasteiger partial charge in [0.15, 0.2) is 5.69 Å². The average Bonchev–Trinajstić information content (AvgIpc) is 3.31. The molecule has 3 heterocycles. The summed E-state index contributed by atoms with van der Waals surface area (Å²) in [5, 5.41) is 11.9. The molecule has 1 saturated heterocycles. The molecule has 5 rings (SSSR count). The topological polar surface area (TPSA) is 89.4 Å². The zero-order valence-corrected chi connectivity index (χ0v) is 19.7. The molecule has 0 unspecified atom stereocenters. The van der Waals surface area contributed by atoms with Crippen molar-refractivity contribution in [3.63, 3.8) is 0 Å². The Bertz CT molecular complexity index is 1210. The first-order chi connectivity index (χ1) is 17.0. The van der Waals surface area contributed by atoms with Crippen molar-refractivity contribution < 1.29 is 18.7 Å². The van der Waals surface area contributed by atoms with Crippen LogP contribution in [0.3, 0.4) is 0 Å². The summed E-state index contributed by atoms with van der Waals surface area (Å²) >= 11 is 5.90. The lowest BCUT2D eigenvalue weighted by atomic mass is 9.95. The smallest absolute Gasteiger partial charge is 0.276 e. The third kappa shape index (κ3) is 5.21. The number of carbonyl (C=O) groups excluding carboxylic acids is 2. The standard InChI is InChI=1S/C25H25ClFN5O3/c26-19-5-1-16(2-6-19)13-28-24(33)18-9-11-31(12-10-18)25(34)23-21-15-35-22(14-32(21)30-29-23)17-3-7-20(27)8-4-17/h1-8,18,22H,9-15H2,(H,28,33)/t22-/m1/s1.